The zero-order chi connectivity index (χ0) is 20.7. The third-order valence-electron chi connectivity index (χ3n) is 5.88. The summed E-state index contributed by atoms with van der Waals surface area (Å²) in [4.78, 5) is 43.3. The number of amides is 1. The topological polar surface area (TPSA) is 124 Å². The Bertz CT molecular complexity index is 1210. The van der Waals surface area contributed by atoms with Crippen molar-refractivity contribution in [2.24, 2.45) is 0 Å². The Hall–Kier alpha value is -3.62. The van der Waals surface area contributed by atoms with Crippen LogP contribution >= 0.6 is 0 Å². The van der Waals surface area contributed by atoms with E-state index < -0.39 is 16.9 Å². The van der Waals surface area contributed by atoms with Crippen LogP contribution in [0.4, 0.5) is 0 Å². The lowest BCUT2D eigenvalue weighted by atomic mass is 9.90. The van der Waals surface area contributed by atoms with Crippen LogP contribution in [0.3, 0.4) is 0 Å². The van der Waals surface area contributed by atoms with Gasteiger partial charge in [0.05, 0.1) is 11.3 Å². The van der Waals surface area contributed by atoms with Gasteiger partial charge in [-0.05, 0) is 18.9 Å². The summed E-state index contributed by atoms with van der Waals surface area (Å²) in [7, 11) is 0. The average Bonchev–Trinajstić information content (AvgIpc) is 3.31. The lowest BCUT2D eigenvalue weighted by Gasteiger charge is -2.27. The molecule has 5 rings (SSSR count). The molecule has 1 spiro atoms. The molecule has 2 aliphatic heterocycles. The summed E-state index contributed by atoms with van der Waals surface area (Å²) >= 11 is 0. The summed E-state index contributed by atoms with van der Waals surface area (Å²) in [5.74, 6) is 0.146. The van der Waals surface area contributed by atoms with Crippen LogP contribution in [0.5, 0.6) is 5.88 Å². The fourth-order valence-corrected chi connectivity index (χ4v) is 4.32. The highest BCUT2D eigenvalue weighted by molar-refractivity contribution is 5.93. The number of fused-ring (bicyclic) bond motifs is 1. The fourth-order valence-electron chi connectivity index (χ4n) is 4.32. The second kappa shape index (κ2) is 7.01. The molecule has 0 aliphatic carbocycles. The number of carbonyl (C=O) groups is 1. The Morgan fingerprint density at radius 2 is 1.93 bits per heavy atom. The van der Waals surface area contributed by atoms with E-state index in [1.807, 2.05) is 30.3 Å². The highest BCUT2D eigenvalue weighted by atomic mass is 16.5. The summed E-state index contributed by atoms with van der Waals surface area (Å²) in [6.07, 6.45) is 2.44. The normalized spacial score (nSPS) is 20.6. The molecule has 1 saturated heterocycles. The number of hydrogen-bond acceptors (Lipinski definition) is 5. The predicted molar refractivity (Wildman–Crippen MR) is 109 cm³/mol. The van der Waals surface area contributed by atoms with Crippen molar-refractivity contribution in [3.63, 3.8) is 0 Å². The highest BCUT2D eigenvalue weighted by Gasteiger charge is 2.43. The van der Waals surface area contributed by atoms with Crippen molar-refractivity contribution in [3.8, 4) is 17.1 Å². The SMILES string of the molecule is O=C(c1cc(-c2ccccc2)n[nH]1)N1CCC[C@]2(CC1)Cc1c([nH]c(=O)[nH]c1=O)O2. The Kier molecular flexibility index (Phi) is 4.30. The van der Waals surface area contributed by atoms with Gasteiger partial charge < -0.3 is 9.64 Å². The first-order valence-corrected chi connectivity index (χ1v) is 9.98. The van der Waals surface area contributed by atoms with E-state index >= 15 is 0 Å². The lowest BCUT2D eigenvalue weighted by Crippen LogP contribution is -2.37. The smallest absolute Gasteiger partial charge is 0.328 e. The second-order valence-electron chi connectivity index (χ2n) is 7.86. The van der Waals surface area contributed by atoms with E-state index in [4.69, 9.17) is 4.74 Å². The molecule has 1 atom stereocenters. The van der Waals surface area contributed by atoms with E-state index in [0.717, 1.165) is 17.7 Å². The molecular formula is C21H21N5O4. The quantitative estimate of drug-likeness (QED) is 0.593. The zero-order valence-electron chi connectivity index (χ0n) is 16.2. The van der Waals surface area contributed by atoms with E-state index in [9.17, 15) is 14.4 Å². The molecule has 3 N–H and O–H groups in total. The molecule has 0 radical (unpaired) electrons. The number of hydrogen-bond donors (Lipinski definition) is 3. The molecule has 1 aromatic carbocycles. The minimum atomic E-state index is -0.574. The van der Waals surface area contributed by atoms with Crippen molar-refractivity contribution in [1.82, 2.24) is 25.1 Å². The molecule has 154 valence electrons. The first-order valence-electron chi connectivity index (χ1n) is 9.98. The van der Waals surface area contributed by atoms with Gasteiger partial charge in [0.15, 0.2) is 0 Å². The molecular weight excluding hydrogens is 386 g/mol. The summed E-state index contributed by atoms with van der Waals surface area (Å²) in [6.45, 7) is 1.08. The molecule has 9 nitrogen and oxygen atoms in total. The number of benzene rings is 1. The van der Waals surface area contributed by atoms with Gasteiger partial charge >= 0.3 is 5.69 Å². The van der Waals surface area contributed by atoms with Crippen LogP contribution in [-0.2, 0) is 6.42 Å². The van der Waals surface area contributed by atoms with Gasteiger partial charge in [0.1, 0.15) is 11.3 Å². The molecule has 3 aromatic rings. The van der Waals surface area contributed by atoms with E-state index in [0.29, 0.717) is 43.6 Å². The average molecular weight is 407 g/mol. The maximum Gasteiger partial charge on any atom is 0.328 e. The van der Waals surface area contributed by atoms with Crippen LogP contribution in [0.1, 0.15) is 35.3 Å². The van der Waals surface area contributed by atoms with Crippen LogP contribution in [-0.4, -0.2) is 49.7 Å². The number of aromatic nitrogens is 4. The molecule has 2 aromatic heterocycles. The summed E-state index contributed by atoms with van der Waals surface area (Å²) in [6, 6.07) is 11.4. The molecule has 1 amide bonds. The molecule has 0 bridgehead atoms. The van der Waals surface area contributed by atoms with Gasteiger partial charge in [0, 0.05) is 31.5 Å². The van der Waals surface area contributed by atoms with Crippen LogP contribution in [0.25, 0.3) is 11.3 Å². The van der Waals surface area contributed by atoms with Crippen LogP contribution < -0.4 is 16.0 Å². The molecule has 0 saturated carbocycles. The Balaban J connectivity index is 1.31. The van der Waals surface area contributed by atoms with Gasteiger partial charge in [0.25, 0.3) is 11.5 Å². The first-order chi connectivity index (χ1) is 14.5. The van der Waals surface area contributed by atoms with Gasteiger partial charge in [-0.15, -0.1) is 0 Å². The minimum Gasteiger partial charge on any atom is -0.471 e. The first kappa shape index (κ1) is 18.4. The maximum atomic E-state index is 13.0. The van der Waals surface area contributed by atoms with Gasteiger partial charge in [-0.25, -0.2) is 4.79 Å². The summed E-state index contributed by atoms with van der Waals surface area (Å²) in [5, 5.41) is 7.13. The largest absolute Gasteiger partial charge is 0.471 e. The number of ether oxygens (including phenoxy) is 1. The number of nitrogens with zero attached hydrogens (tertiary/aromatic N) is 2. The third-order valence-corrected chi connectivity index (χ3v) is 5.88. The molecule has 0 unspecified atom stereocenters. The van der Waals surface area contributed by atoms with E-state index in [2.05, 4.69) is 20.2 Å². The Labute approximate surface area is 171 Å². The summed E-state index contributed by atoms with van der Waals surface area (Å²) in [5.41, 5.74) is 1.03. The lowest BCUT2D eigenvalue weighted by molar-refractivity contribution is 0.0654. The number of nitrogens with one attached hydrogen (secondary N) is 3. The standard InChI is InChI=1S/C21H21N5O4/c27-17-14-12-21(30-18(14)23-20(29)22-17)7-4-9-26(10-8-21)19(28)16-11-15(24-25-16)13-5-2-1-3-6-13/h1-3,5-6,11H,4,7-10,12H2,(H,24,25)(H2,22,23,27,29)/t21-/m0/s1. The van der Waals surface area contributed by atoms with Crippen molar-refractivity contribution in [1.29, 1.82) is 0 Å². The number of aromatic amines is 3. The molecule has 30 heavy (non-hydrogen) atoms. The van der Waals surface area contributed by atoms with Crippen molar-refractivity contribution in [2.45, 2.75) is 31.3 Å². The van der Waals surface area contributed by atoms with E-state index in [-0.39, 0.29) is 11.8 Å². The monoisotopic (exact) mass is 407 g/mol. The third kappa shape index (κ3) is 3.22. The van der Waals surface area contributed by atoms with Crippen LogP contribution in [0.15, 0.2) is 46.0 Å². The number of likely N-dealkylation sites (tertiary alicyclic amines) is 1. The fraction of sp³-hybridized carbons (Fsp3) is 0.333. The molecule has 9 heteroatoms. The predicted octanol–water partition coefficient (Wildman–Crippen LogP) is 1.45. The molecule has 1 fully saturated rings. The number of H-pyrrole nitrogens is 3. The van der Waals surface area contributed by atoms with Crippen molar-refractivity contribution >= 4 is 5.91 Å². The minimum absolute atomic E-state index is 0.108. The van der Waals surface area contributed by atoms with Gasteiger partial charge in [-0.3, -0.25) is 24.7 Å². The molecule has 4 heterocycles. The maximum absolute atomic E-state index is 13.0. The molecule has 2 aliphatic rings. The Morgan fingerprint density at radius 3 is 2.77 bits per heavy atom. The number of carbonyl (C=O) groups excluding carboxylic acids is 1. The van der Waals surface area contributed by atoms with Crippen molar-refractivity contribution in [3.05, 3.63) is 68.5 Å². The zero-order valence-corrected chi connectivity index (χ0v) is 16.2. The van der Waals surface area contributed by atoms with Gasteiger partial charge in [0.2, 0.25) is 5.88 Å². The van der Waals surface area contributed by atoms with Gasteiger partial charge in [-0.2, -0.15) is 5.10 Å². The van der Waals surface area contributed by atoms with E-state index in [1.54, 1.807) is 11.0 Å². The second-order valence-corrected chi connectivity index (χ2v) is 7.86. The van der Waals surface area contributed by atoms with Gasteiger partial charge in [-0.1, -0.05) is 30.3 Å². The van der Waals surface area contributed by atoms with Crippen molar-refractivity contribution in [2.75, 3.05) is 13.1 Å². The highest BCUT2D eigenvalue weighted by Crippen LogP contribution is 2.38. The Morgan fingerprint density at radius 1 is 1.10 bits per heavy atom. The van der Waals surface area contributed by atoms with Crippen LogP contribution in [0, 0.1) is 0 Å². The number of rotatable bonds is 2. The van der Waals surface area contributed by atoms with E-state index in [1.165, 1.54) is 0 Å². The van der Waals surface area contributed by atoms with Crippen LogP contribution in [0.2, 0.25) is 0 Å². The summed E-state index contributed by atoms with van der Waals surface area (Å²) < 4.78 is 6.04. The van der Waals surface area contributed by atoms with Crippen molar-refractivity contribution < 1.29 is 9.53 Å².